The Morgan fingerprint density at radius 2 is 2.04 bits per heavy atom. The highest BCUT2D eigenvalue weighted by Gasteiger charge is 2.10. The lowest BCUT2D eigenvalue weighted by Gasteiger charge is -2.05. The van der Waals surface area contributed by atoms with Gasteiger partial charge in [-0.1, -0.05) is 24.3 Å². The number of anilines is 1. The molecule has 0 aliphatic carbocycles. The second-order valence-electron chi connectivity index (χ2n) is 4.83. The van der Waals surface area contributed by atoms with Crippen LogP contribution in [0.1, 0.15) is 11.1 Å². The molecule has 0 fully saturated rings. The summed E-state index contributed by atoms with van der Waals surface area (Å²) in [5.41, 5.74) is 4.51. The largest absolute Gasteiger partial charge is 0.376 e. The second kappa shape index (κ2) is 7.69. The van der Waals surface area contributed by atoms with Crippen LogP contribution in [-0.4, -0.2) is 23.6 Å². The monoisotopic (exact) mass is 312 g/mol. The van der Waals surface area contributed by atoms with Gasteiger partial charge in [-0.25, -0.2) is 5.43 Å². The van der Waals surface area contributed by atoms with E-state index in [1.165, 1.54) is 12.3 Å². The first-order valence-corrected chi connectivity index (χ1v) is 6.92. The third-order valence-electron chi connectivity index (χ3n) is 3.00. The molecule has 0 heterocycles. The first kappa shape index (κ1) is 16.2. The molecule has 0 unspecified atom stereocenters. The molecule has 0 spiro atoms. The molecule has 0 saturated heterocycles. The van der Waals surface area contributed by atoms with Gasteiger partial charge >= 0.3 is 0 Å². The van der Waals surface area contributed by atoms with Gasteiger partial charge in [0, 0.05) is 11.8 Å². The zero-order valence-corrected chi connectivity index (χ0v) is 12.5. The Morgan fingerprint density at radius 1 is 1.26 bits per heavy atom. The molecule has 2 aromatic carbocycles. The fraction of sp³-hybridized carbons (Fsp3) is 0.125. The average molecular weight is 312 g/mol. The average Bonchev–Trinajstić information content (AvgIpc) is 2.53. The fourth-order valence-corrected chi connectivity index (χ4v) is 1.91. The summed E-state index contributed by atoms with van der Waals surface area (Å²) >= 11 is 0. The lowest BCUT2D eigenvalue weighted by Crippen LogP contribution is -2.25. The number of nitro benzene ring substituents is 1. The van der Waals surface area contributed by atoms with Crippen LogP contribution in [0, 0.1) is 17.0 Å². The molecule has 7 nitrogen and oxygen atoms in total. The summed E-state index contributed by atoms with van der Waals surface area (Å²) in [6.07, 6.45) is 1.25. The van der Waals surface area contributed by atoms with Crippen molar-refractivity contribution < 1.29 is 9.72 Å². The van der Waals surface area contributed by atoms with E-state index >= 15 is 0 Å². The Hall–Kier alpha value is -3.22. The van der Waals surface area contributed by atoms with Crippen molar-refractivity contribution in [3.05, 3.63) is 69.8 Å². The number of nitro groups is 1. The lowest BCUT2D eigenvalue weighted by atomic mass is 10.2. The Balaban J connectivity index is 1.88. The fourth-order valence-electron chi connectivity index (χ4n) is 1.91. The zero-order chi connectivity index (χ0) is 16.7. The first-order valence-electron chi connectivity index (χ1n) is 6.92. The molecule has 0 aromatic heterocycles. The van der Waals surface area contributed by atoms with Crippen LogP contribution in [0.25, 0.3) is 0 Å². The number of carbonyl (C=O) groups is 1. The van der Waals surface area contributed by atoms with Crippen molar-refractivity contribution in [1.82, 2.24) is 5.43 Å². The van der Waals surface area contributed by atoms with Gasteiger partial charge in [0.1, 0.15) is 0 Å². The van der Waals surface area contributed by atoms with Crippen LogP contribution in [-0.2, 0) is 4.79 Å². The van der Waals surface area contributed by atoms with Gasteiger partial charge in [0.25, 0.3) is 11.6 Å². The number of amides is 1. The minimum Gasteiger partial charge on any atom is -0.376 e. The van der Waals surface area contributed by atoms with E-state index in [1.807, 2.05) is 31.2 Å². The summed E-state index contributed by atoms with van der Waals surface area (Å²) in [5, 5.41) is 17.6. The molecule has 0 radical (unpaired) electrons. The number of para-hydroxylation sites is 1. The molecule has 0 aliphatic rings. The Bertz CT molecular complexity index is 744. The molecule has 23 heavy (non-hydrogen) atoms. The lowest BCUT2D eigenvalue weighted by molar-refractivity contribution is -0.385. The van der Waals surface area contributed by atoms with Crippen molar-refractivity contribution in [2.45, 2.75) is 6.92 Å². The topological polar surface area (TPSA) is 96.6 Å². The van der Waals surface area contributed by atoms with Gasteiger partial charge in [-0.2, -0.15) is 5.10 Å². The van der Waals surface area contributed by atoms with Crippen molar-refractivity contribution in [2.24, 2.45) is 5.10 Å². The molecule has 2 rings (SSSR count). The number of hydrazone groups is 1. The van der Waals surface area contributed by atoms with Crippen molar-refractivity contribution in [1.29, 1.82) is 0 Å². The molecule has 1 amide bonds. The molecule has 2 aromatic rings. The number of nitrogens with one attached hydrogen (secondary N) is 2. The van der Waals surface area contributed by atoms with Gasteiger partial charge in [-0.15, -0.1) is 0 Å². The highest BCUT2D eigenvalue weighted by atomic mass is 16.6. The number of carbonyl (C=O) groups excluding carboxylic acids is 1. The quantitative estimate of drug-likeness (QED) is 0.486. The predicted molar refractivity (Wildman–Crippen MR) is 88.5 cm³/mol. The van der Waals surface area contributed by atoms with Gasteiger partial charge in [0.05, 0.1) is 23.2 Å². The smallest absolute Gasteiger partial charge is 0.278 e. The summed E-state index contributed by atoms with van der Waals surface area (Å²) in [7, 11) is 0. The maximum absolute atomic E-state index is 11.7. The summed E-state index contributed by atoms with van der Waals surface area (Å²) in [4.78, 5) is 22.0. The van der Waals surface area contributed by atoms with Gasteiger partial charge in [0.2, 0.25) is 0 Å². The number of hydrogen-bond acceptors (Lipinski definition) is 5. The van der Waals surface area contributed by atoms with Crippen LogP contribution >= 0.6 is 0 Å². The van der Waals surface area contributed by atoms with E-state index in [2.05, 4.69) is 15.8 Å². The second-order valence-corrected chi connectivity index (χ2v) is 4.83. The highest BCUT2D eigenvalue weighted by molar-refractivity contribution is 5.87. The number of benzene rings is 2. The maximum Gasteiger partial charge on any atom is 0.278 e. The number of hydrogen-bond donors (Lipinski definition) is 2. The molecular formula is C16H16N4O3. The normalized spacial score (nSPS) is 10.5. The zero-order valence-electron chi connectivity index (χ0n) is 12.5. The van der Waals surface area contributed by atoms with E-state index in [-0.39, 0.29) is 18.1 Å². The van der Waals surface area contributed by atoms with Crippen LogP contribution < -0.4 is 10.7 Å². The summed E-state index contributed by atoms with van der Waals surface area (Å²) in [5.74, 6) is -0.346. The standard InChI is InChI=1S/C16H16N4O3/c1-12-5-4-7-14(9-12)17-11-16(21)19-18-10-13-6-2-3-8-15(13)20(22)23/h2-10,17H,11H2,1H3,(H,19,21). The number of nitrogens with zero attached hydrogens (tertiary/aromatic N) is 2. The Morgan fingerprint density at radius 3 is 2.78 bits per heavy atom. The van der Waals surface area contributed by atoms with Crippen LogP contribution in [0.5, 0.6) is 0 Å². The van der Waals surface area contributed by atoms with E-state index in [1.54, 1.807) is 18.2 Å². The van der Waals surface area contributed by atoms with Crippen LogP contribution in [0.15, 0.2) is 53.6 Å². The van der Waals surface area contributed by atoms with Crippen LogP contribution in [0.2, 0.25) is 0 Å². The van der Waals surface area contributed by atoms with Crippen molar-refractivity contribution >= 4 is 23.5 Å². The van der Waals surface area contributed by atoms with E-state index in [0.29, 0.717) is 5.56 Å². The molecule has 2 N–H and O–H groups in total. The summed E-state index contributed by atoms with van der Waals surface area (Å²) in [6.45, 7) is 2.01. The molecule has 0 bridgehead atoms. The molecule has 118 valence electrons. The number of rotatable bonds is 6. The van der Waals surface area contributed by atoms with Crippen molar-refractivity contribution in [3.63, 3.8) is 0 Å². The summed E-state index contributed by atoms with van der Waals surface area (Å²) in [6, 6.07) is 13.8. The minimum absolute atomic E-state index is 0.0533. The SMILES string of the molecule is Cc1cccc(NCC(=O)NN=Cc2ccccc2[N+](=O)[O-])c1. The summed E-state index contributed by atoms with van der Waals surface area (Å²) < 4.78 is 0. The number of aryl methyl sites for hydroxylation is 1. The molecule has 7 heteroatoms. The van der Waals surface area contributed by atoms with Crippen LogP contribution in [0.3, 0.4) is 0 Å². The Labute approximate surface area is 133 Å². The van der Waals surface area contributed by atoms with Crippen molar-refractivity contribution in [2.75, 3.05) is 11.9 Å². The van der Waals surface area contributed by atoms with E-state index < -0.39 is 4.92 Å². The maximum atomic E-state index is 11.7. The molecule has 0 aliphatic heterocycles. The van der Waals surface area contributed by atoms with Gasteiger partial charge in [-0.05, 0) is 30.7 Å². The van der Waals surface area contributed by atoms with E-state index in [9.17, 15) is 14.9 Å². The third-order valence-corrected chi connectivity index (χ3v) is 3.00. The highest BCUT2D eigenvalue weighted by Crippen LogP contribution is 2.15. The minimum atomic E-state index is -0.498. The first-order chi connectivity index (χ1) is 11.1. The third kappa shape index (κ3) is 4.92. The molecular weight excluding hydrogens is 296 g/mol. The Kier molecular flexibility index (Phi) is 5.40. The predicted octanol–water partition coefficient (Wildman–Crippen LogP) is 2.47. The van der Waals surface area contributed by atoms with E-state index in [4.69, 9.17) is 0 Å². The molecule has 0 atom stereocenters. The van der Waals surface area contributed by atoms with Crippen molar-refractivity contribution in [3.8, 4) is 0 Å². The van der Waals surface area contributed by atoms with Gasteiger partial charge < -0.3 is 5.32 Å². The van der Waals surface area contributed by atoms with Gasteiger partial charge in [0.15, 0.2) is 0 Å². The van der Waals surface area contributed by atoms with E-state index in [0.717, 1.165) is 11.3 Å². The molecule has 0 saturated carbocycles. The van der Waals surface area contributed by atoms with Gasteiger partial charge in [-0.3, -0.25) is 14.9 Å². The van der Waals surface area contributed by atoms with Crippen LogP contribution in [0.4, 0.5) is 11.4 Å².